The Hall–Kier alpha value is -1.88. The van der Waals surface area contributed by atoms with E-state index in [0.717, 1.165) is 19.2 Å². The fourth-order valence-electron chi connectivity index (χ4n) is 1.82. The monoisotopic (exact) mass is 249 g/mol. The van der Waals surface area contributed by atoms with Crippen molar-refractivity contribution in [3.05, 3.63) is 48.3 Å². The van der Waals surface area contributed by atoms with Gasteiger partial charge in [0.25, 0.3) is 0 Å². The third-order valence-corrected chi connectivity index (χ3v) is 2.84. The van der Waals surface area contributed by atoms with Crippen molar-refractivity contribution >= 4 is 0 Å². The first-order valence-corrected chi connectivity index (χ1v) is 5.84. The predicted molar refractivity (Wildman–Crippen MR) is 66.7 cm³/mol. The molecule has 0 aliphatic heterocycles. The van der Waals surface area contributed by atoms with Crippen molar-refractivity contribution in [2.24, 2.45) is 0 Å². The molecule has 5 heteroatoms. The van der Waals surface area contributed by atoms with Crippen LogP contribution >= 0.6 is 0 Å². The topological polar surface area (TPSA) is 50.1 Å². The van der Waals surface area contributed by atoms with Crippen LogP contribution < -0.4 is 5.32 Å². The zero-order chi connectivity index (χ0) is 13.0. The lowest BCUT2D eigenvalue weighted by Crippen LogP contribution is -2.23. The van der Waals surface area contributed by atoms with Crippen molar-refractivity contribution in [1.29, 1.82) is 0 Å². The highest BCUT2D eigenvalue weighted by molar-refractivity contribution is 5.34. The van der Waals surface area contributed by atoms with Gasteiger partial charge in [0.2, 0.25) is 0 Å². The number of benzene rings is 1. The second kappa shape index (κ2) is 5.64. The molecule has 0 aliphatic rings. The summed E-state index contributed by atoms with van der Waals surface area (Å²) in [6, 6.07) is 4.04. The van der Waals surface area contributed by atoms with Crippen LogP contribution in [-0.2, 0) is 6.54 Å². The maximum absolute atomic E-state index is 12.9. The molecule has 2 rings (SSSR count). The van der Waals surface area contributed by atoms with Gasteiger partial charge in [-0.25, -0.2) is 9.37 Å². The number of aromatic hydroxyl groups is 1. The van der Waals surface area contributed by atoms with Gasteiger partial charge in [-0.2, -0.15) is 0 Å². The molecule has 0 radical (unpaired) electrons. The van der Waals surface area contributed by atoms with Crippen molar-refractivity contribution in [1.82, 2.24) is 14.9 Å². The molecular weight excluding hydrogens is 233 g/mol. The van der Waals surface area contributed by atoms with E-state index in [2.05, 4.69) is 10.3 Å². The summed E-state index contributed by atoms with van der Waals surface area (Å²) < 4.78 is 14.8. The van der Waals surface area contributed by atoms with Gasteiger partial charge in [-0.3, -0.25) is 0 Å². The van der Waals surface area contributed by atoms with Crippen LogP contribution in [0.25, 0.3) is 0 Å². The van der Waals surface area contributed by atoms with Crippen LogP contribution in [0.1, 0.15) is 18.5 Å². The molecule has 1 atom stereocenters. The van der Waals surface area contributed by atoms with Crippen molar-refractivity contribution < 1.29 is 9.50 Å². The molecule has 4 nitrogen and oxygen atoms in total. The Morgan fingerprint density at radius 2 is 2.33 bits per heavy atom. The quantitative estimate of drug-likeness (QED) is 0.853. The number of phenols is 1. The first-order valence-electron chi connectivity index (χ1n) is 5.84. The van der Waals surface area contributed by atoms with Gasteiger partial charge in [0, 0.05) is 43.2 Å². The Morgan fingerprint density at radius 3 is 3.00 bits per heavy atom. The molecule has 2 N–H and O–H groups in total. The van der Waals surface area contributed by atoms with Gasteiger partial charge >= 0.3 is 0 Å². The second-order valence-corrected chi connectivity index (χ2v) is 4.18. The Balaban J connectivity index is 1.89. The number of nitrogens with one attached hydrogen (secondary N) is 1. The Bertz CT molecular complexity index is 499. The van der Waals surface area contributed by atoms with Gasteiger partial charge in [-0.1, -0.05) is 6.07 Å². The number of phenolic OH excluding ortho intramolecular Hbond substituents is 1. The minimum Gasteiger partial charge on any atom is -0.508 e. The third kappa shape index (κ3) is 3.07. The van der Waals surface area contributed by atoms with Crippen LogP contribution in [0.5, 0.6) is 5.75 Å². The summed E-state index contributed by atoms with van der Waals surface area (Å²) in [5.74, 6) is -0.445. The molecule has 0 fully saturated rings. The largest absolute Gasteiger partial charge is 0.508 e. The van der Waals surface area contributed by atoms with Crippen LogP contribution in [0.2, 0.25) is 0 Å². The lowest BCUT2D eigenvalue weighted by atomic mass is 10.1. The molecule has 1 unspecified atom stereocenters. The second-order valence-electron chi connectivity index (χ2n) is 4.18. The van der Waals surface area contributed by atoms with E-state index in [-0.39, 0.29) is 11.8 Å². The summed E-state index contributed by atoms with van der Waals surface area (Å²) in [5, 5.41) is 12.9. The Morgan fingerprint density at radius 1 is 1.50 bits per heavy atom. The average molecular weight is 249 g/mol. The maximum Gasteiger partial charge on any atom is 0.126 e. The molecule has 1 aromatic carbocycles. The molecule has 18 heavy (non-hydrogen) atoms. The maximum atomic E-state index is 12.9. The standard InChI is InChI=1S/C13H16FN3O/c1-10(12-3-2-11(14)8-13(12)18)16-5-7-17-6-4-15-9-17/h2-4,6,8-10,16,18H,5,7H2,1H3. The molecule has 0 amide bonds. The summed E-state index contributed by atoms with van der Waals surface area (Å²) in [6.45, 7) is 3.47. The molecule has 1 aromatic heterocycles. The predicted octanol–water partition coefficient (Wildman–Crippen LogP) is 2.08. The highest BCUT2D eigenvalue weighted by atomic mass is 19.1. The summed E-state index contributed by atoms with van der Waals surface area (Å²) in [7, 11) is 0. The minimum atomic E-state index is -0.429. The van der Waals surface area contributed by atoms with E-state index in [1.54, 1.807) is 18.6 Å². The van der Waals surface area contributed by atoms with Crippen molar-refractivity contribution in [3.8, 4) is 5.75 Å². The molecule has 0 saturated heterocycles. The smallest absolute Gasteiger partial charge is 0.126 e. The zero-order valence-electron chi connectivity index (χ0n) is 10.2. The number of rotatable bonds is 5. The number of hydrogen-bond donors (Lipinski definition) is 2. The minimum absolute atomic E-state index is 0.0161. The van der Waals surface area contributed by atoms with E-state index in [9.17, 15) is 9.50 Å². The van der Waals surface area contributed by atoms with Crippen LogP contribution in [-0.4, -0.2) is 21.2 Å². The van der Waals surface area contributed by atoms with E-state index in [1.807, 2.05) is 17.7 Å². The van der Waals surface area contributed by atoms with Crippen LogP contribution in [0.3, 0.4) is 0 Å². The summed E-state index contributed by atoms with van der Waals surface area (Å²) in [5.41, 5.74) is 0.696. The number of hydrogen-bond acceptors (Lipinski definition) is 3. The van der Waals surface area contributed by atoms with E-state index in [0.29, 0.717) is 5.56 Å². The van der Waals surface area contributed by atoms with Gasteiger partial charge < -0.3 is 15.0 Å². The highest BCUT2D eigenvalue weighted by Crippen LogP contribution is 2.24. The molecule has 0 saturated carbocycles. The highest BCUT2D eigenvalue weighted by Gasteiger charge is 2.10. The van der Waals surface area contributed by atoms with Gasteiger partial charge in [-0.05, 0) is 13.0 Å². The number of nitrogens with zero attached hydrogens (tertiary/aromatic N) is 2. The lowest BCUT2D eigenvalue weighted by molar-refractivity contribution is 0.444. The van der Waals surface area contributed by atoms with Crippen molar-refractivity contribution in [2.45, 2.75) is 19.5 Å². The summed E-state index contributed by atoms with van der Waals surface area (Å²) in [6.07, 6.45) is 5.37. The van der Waals surface area contributed by atoms with Crippen molar-refractivity contribution in [2.75, 3.05) is 6.54 Å². The molecule has 2 aromatic rings. The lowest BCUT2D eigenvalue weighted by Gasteiger charge is -2.15. The van der Waals surface area contributed by atoms with E-state index in [1.165, 1.54) is 6.07 Å². The molecule has 96 valence electrons. The molecule has 1 heterocycles. The normalized spacial score (nSPS) is 12.6. The van der Waals surface area contributed by atoms with E-state index < -0.39 is 5.82 Å². The van der Waals surface area contributed by atoms with Gasteiger partial charge in [0.1, 0.15) is 11.6 Å². The third-order valence-electron chi connectivity index (χ3n) is 2.84. The number of imidazole rings is 1. The van der Waals surface area contributed by atoms with Crippen LogP contribution in [0.15, 0.2) is 36.9 Å². The van der Waals surface area contributed by atoms with Crippen molar-refractivity contribution in [3.63, 3.8) is 0 Å². The summed E-state index contributed by atoms with van der Waals surface area (Å²) >= 11 is 0. The van der Waals surface area contributed by atoms with Gasteiger partial charge in [0.05, 0.1) is 6.33 Å². The first-order chi connectivity index (χ1) is 8.66. The van der Waals surface area contributed by atoms with E-state index >= 15 is 0 Å². The number of halogens is 1. The molecular formula is C13H16FN3O. The zero-order valence-corrected chi connectivity index (χ0v) is 10.2. The Labute approximate surface area is 105 Å². The number of aromatic nitrogens is 2. The van der Waals surface area contributed by atoms with E-state index in [4.69, 9.17) is 0 Å². The van der Waals surface area contributed by atoms with Gasteiger partial charge in [-0.15, -0.1) is 0 Å². The van der Waals surface area contributed by atoms with Crippen LogP contribution in [0, 0.1) is 5.82 Å². The fourth-order valence-corrected chi connectivity index (χ4v) is 1.82. The molecule has 0 spiro atoms. The SMILES string of the molecule is CC(NCCn1ccnc1)c1ccc(F)cc1O. The molecule has 0 aliphatic carbocycles. The fraction of sp³-hybridized carbons (Fsp3) is 0.308. The molecule has 0 bridgehead atoms. The van der Waals surface area contributed by atoms with Crippen LogP contribution in [0.4, 0.5) is 4.39 Å². The van der Waals surface area contributed by atoms with Gasteiger partial charge in [0.15, 0.2) is 0 Å². The first kappa shape index (κ1) is 12.6. The average Bonchev–Trinajstić information content (AvgIpc) is 2.81. The Kier molecular flexibility index (Phi) is 3.94. The summed E-state index contributed by atoms with van der Waals surface area (Å²) in [4.78, 5) is 3.96.